The zero-order valence-electron chi connectivity index (χ0n) is 12.1. The molecule has 0 unspecified atom stereocenters. The van der Waals surface area contributed by atoms with E-state index in [-0.39, 0.29) is 11.9 Å². The van der Waals surface area contributed by atoms with E-state index in [1.165, 1.54) is 0 Å². The molecule has 1 amide bonds. The Kier molecular flexibility index (Phi) is 5.72. The first-order valence-corrected chi connectivity index (χ1v) is 8.23. The van der Waals surface area contributed by atoms with Gasteiger partial charge in [0.2, 0.25) is 0 Å². The lowest BCUT2D eigenvalue weighted by Gasteiger charge is -2.32. The summed E-state index contributed by atoms with van der Waals surface area (Å²) in [7, 11) is 0. The number of aryl methyl sites for hydroxylation is 1. The first kappa shape index (κ1) is 16.4. The number of piperidine rings is 1. The molecule has 0 aliphatic carbocycles. The van der Waals surface area contributed by atoms with Gasteiger partial charge in [0.05, 0.1) is 4.99 Å². The maximum atomic E-state index is 12.3. The molecule has 0 spiro atoms. The summed E-state index contributed by atoms with van der Waals surface area (Å²) in [4.78, 5) is 15.1. The van der Waals surface area contributed by atoms with Crippen LogP contribution in [0.25, 0.3) is 0 Å². The highest BCUT2D eigenvalue weighted by molar-refractivity contribution is 9.10. The Bertz CT molecular complexity index is 542. The fraction of sp³-hybridized carbons (Fsp3) is 0.467. The molecule has 1 fully saturated rings. The van der Waals surface area contributed by atoms with Crippen molar-refractivity contribution in [1.29, 1.82) is 0 Å². The number of halogens is 1. The summed E-state index contributed by atoms with van der Waals surface area (Å²) >= 11 is 8.34. The Morgan fingerprint density at radius 2 is 2.14 bits per heavy atom. The van der Waals surface area contributed by atoms with Gasteiger partial charge >= 0.3 is 0 Å². The van der Waals surface area contributed by atoms with Gasteiger partial charge in [-0.1, -0.05) is 28.1 Å². The van der Waals surface area contributed by atoms with E-state index in [0.717, 1.165) is 41.5 Å². The normalized spacial score (nSPS) is 16.7. The molecule has 1 aliphatic heterocycles. The summed E-state index contributed by atoms with van der Waals surface area (Å²) in [6, 6.07) is 5.94. The smallest absolute Gasteiger partial charge is 0.251 e. The number of amides is 1. The van der Waals surface area contributed by atoms with Crippen molar-refractivity contribution in [3.63, 3.8) is 0 Å². The molecular weight excluding hydrogens is 350 g/mol. The van der Waals surface area contributed by atoms with Crippen LogP contribution in [0.3, 0.4) is 0 Å². The lowest BCUT2D eigenvalue weighted by Crippen LogP contribution is -2.46. The Labute approximate surface area is 139 Å². The standard InChI is InChI=1S/C15H20BrN3OS/c1-10-8-11(16)2-3-13(10)15(20)18-12-4-6-19(7-5-12)9-14(17)21/h2-3,8,12H,4-7,9H2,1H3,(H2,17,21)(H,18,20). The van der Waals surface area contributed by atoms with Gasteiger partial charge < -0.3 is 11.1 Å². The molecule has 0 radical (unpaired) electrons. The van der Waals surface area contributed by atoms with Gasteiger partial charge in [-0.15, -0.1) is 0 Å². The van der Waals surface area contributed by atoms with Crippen molar-refractivity contribution in [2.45, 2.75) is 25.8 Å². The topological polar surface area (TPSA) is 58.4 Å². The SMILES string of the molecule is Cc1cc(Br)ccc1C(=O)NC1CCN(CC(N)=S)CC1. The highest BCUT2D eigenvalue weighted by Crippen LogP contribution is 2.17. The number of carbonyl (C=O) groups is 1. The van der Waals surface area contributed by atoms with Gasteiger partial charge in [-0.3, -0.25) is 9.69 Å². The van der Waals surface area contributed by atoms with Gasteiger partial charge in [0.1, 0.15) is 0 Å². The summed E-state index contributed by atoms with van der Waals surface area (Å²) < 4.78 is 0.989. The number of nitrogens with one attached hydrogen (secondary N) is 1. The molecular formula is C15H20BrN3OS. The van der Waals surface area contributed by atoms with Gasteiger partial charge in [-0.2, -0.15) is 0 Å². The molecule has 1 aromatic carbocycles. The molecule has 2 rings (SSSR count). The van der Waals surface area contributed by atoms with Crippen LogP contribution >= 0.6 is 28.1 Å². The van der Waals surface area contributed by atoms with Gasteiger partial charge in [0.25, 0.3) is 5.91 Å². The summed E-state index contributed by atoms with van der Waals surface area (Å²) in [6.07, 6.45) is 1.87. The number of likely N-dealkylation sites (tertiary alicyclic amines) is 1. The van der Waals surface area contributed by atoms with E-state index in [4.69, 9.17) is 18.0 Å². The second kappa shape index (κ2) is 7.33. The highest BCUT2D eigenvalue weighted by atomic mass is 79.9. The summed E-state index contributed by atoms with van der Waals surface area (Å²) in [5.74, 6) is 0.00722. The molecule has 6 heteroatoms. The minimum absolute atomic E-state index is 0.00722. The second-order valence-corrected chi connectivity index (χ2v) is 6.89. The van der Waals surface area contributed by atoms with Crippen molar-refractivity contribution in [2.24, 2.45) is 5.73 Å². The van der Waals surface area contributed by atoms with Crippen LogP contribution in [-0.4, -0.2) is 41.5 Å². The Hall–Kier alpha value is -0.980. The van der Waals surface area contributed by atoms with Crippen LogP contribution in [0.5, 0.6) is 0 Å². The number of rotatable bonds is 4. The van der Waals surface area contributed by atoms with E-state index >= 15 is 0 Å². The van der Waals surface area contributed by atoms with Crippen LogP contribution in [-0.2, 0) is 0 Å². The fourth-order valence-corrected chi connectivity index (χ4v) is 3.26. The number of hydrogen-bond donors (Lipinski definition) is 2. The van der Waals surface area contributed by atoms with Gasteiger partial charge in [0.15, 0.2) is 0 Å². The molecule has 1 saturated heterocycles. The lowest BCUT2D eigenvalue weighted by atomic mass is 10.0. The third-order valence-electron chi connectivity index (χ3n) is 3.74. The van der Waals surface area contributed by atoms with Crippen molar-refractivity contribution in [3.05, 3.63) is 33.8 Å². The summed E-state index contributed by atoms with van der Waals surface area (Å²) in [6.45, 7) is 4.45. The molecule has 4 nitrogen and oxygen atoms in total. The third kappa shape index (κ3) is 4.76. The molecule has 0 bridgehead atoms. The predicted octanol–water partition coefficient (Wildman–Crippen LogP) is 2.24. The van der Waals surface area contributed by atoms with Crippen LogP contribution in [0.15, 0.2) is 22.7 Å². The van der Waals surface area contributed by atoms with E-state index < -0.39 is 0 Å². The number of thiocarbonyl (C=S) groups is 1. The number of carbonyl (C=O) groups excluding carboxylic acids is 1. The van der Waals surface area contributed by atoms with Crippen LogP contribution in [0, 0.1) is 6.92 Å². The molecule has 1 aliphatic rings. The van der Waals surface area contributed by atoms with Crippen molar-refractivity contribution < 1.29 is 4.79 Å². The van der Waals surface area contributed by atoms with Gasteiger partial charge in [-0.25, -0.2) is 0 Å². The van der Waals surface area contributed by atoms with E-state index in [1.807, 2.05) is 25.1 Å². The van der Waals surface area contributed by atoms with Crippen LogP contribution in [0.4, 0.5) is 0 Å². The zero-order valence-corrected chi connectivity index (χ0v) is 14.5. The van der Waals surface area contributed by atoms with Gasteiger partial charge in [0, 0.05) is 35.7 Å². The first-order valence-electron chi connectivity index (χ1n) is 7.03. The number of nitrogens with two attached hydrogens (primary N) is 1. The Balaban J connectivity index is 1.88. The number of benzene rings is 1. The maximum absolute atomic E-state index is 12.3. The Morgan fingerprint density at radius 1 is 1.48 bits per heavy atom. The highest BCUT2D eigenvalue weighted by Gasteiger charge is 2.21. The largest absolute Gasteiger partial charge is 0.392 e. The maximum Gasteiger partial charge on any atom is 0.251 e. The zero-order chi connectivity index (χ0) is 15.4. The summed E-state index contributed by atoms with van der Waals surface area (Å²) in [5.41, 5.74) is 7.28. The van der Waals surface area contributed by atoms with Crippen LogP contribution < -0.4 is 11.1 Å². The molecule has 3 N–H and O–H groups in total. The van der Waals surface area contributed by atoms with E-state index in [9.17, 15) is 4.79 Å². The molecule has 0 aromatic heterocycles. The van der Waals surface area contributed by atoms with E-state index in [0.29, 0.717) is 11.5 Å². The number of hydrogen-bond acceptors (Lipinski definition) is 3. The quantitative estimate of drug-likeness (QED) is 0.799. The van der Waals surface area contributed by atoms with Crippen LogP contribution in [0.1, 0.15) is 28.8 Å². The Morgan fingerprint density at radius 3 is 2.71 bits per heavy atom. The van der Waals surface area contributed by atoms with Crippen molar-refractivity contribution in [3.8, 4) is 0 Å². The lowest BCUT2D eigenvalue weighted by molar-refractivity contribution is 0.0914. The third-order valence-corrected chi connectivity index (χ3v) is 4.36. The van der Waals surface area contributed by atoms with E-state index in [2.05, 4.69) is 26.1 Å². The molecule has 1 heterocycles. The van der Waals surface area contributed by atoms with Crippen molar-refractivity contribution in [2.75, 3.05) is 19.6 Å². The predicted molar refractivity (Wildman–Crippen MR) is 92.6 cm³/mol. The molecule has 21 heavy (non-hydrogen) atoms. The minimum atomic E-state index is 0.00722. The van der Waals surface area contributed by atoms with Gasteiger partial charge in [-0.05, 0) is 43.5 Å². The minimum Gasteiger partial charge on any atom is -0.392 e. The summed E-state index contributed by atoms with van der Waals surface area (Å²) in [5, 5.41) is 3.12. The molecule has 1 aromatic rings. The average Bonchev–Trinajstić information content (AvgIpc) is 2.40. The van der Waals surface area contributed by atoms with E-state index in [1.54, 1.807) is 0 Å². The first-order chi connectivity index (χ1) is 9.95. The van der Waals surface area contributed by atoms with Crippen molar-refractivity contribution in [1.82, 2.24) is 10.2 Å². The number of nitrogens with zero attached hydrogens (tertiary/aromatic N) is 1. The molecule has 0 saturated carbocycles. The molecule has 0 atom stereocenters. The van der Waals surface area contributed by atoms with Crippen molar-refractivity contribution >= 4 is 39.0 Å². The fourth-order valence-electron chi connectivity index (χ4n) is 2.60. The molecule has 114 valence electrons. The second-order valence-electron chi connectivity index (χ2n) is 5.45. The average molecular weight is 370 g/mol. The van der Waals surface area contributed by atoms with Crippen LogP contribution in [0.2, 0.25) is 0 Å². The monoisotopic (exact) mass is 369 g/mol.